The number of benzene rings is 1. The van der Waals surface area contributed by atoms with E-state index >= 15 is 0 Å². The van der Waals surface area contributed by atoms with E-state index < -0.39 is 0 Å². The van der Waals surface area contributed by atoms with Crippen LogP contribution in [0.5, 0.6) is 0 Å². The minimum Gasteiger partial charge on any atom is -0.265 e. The van der Waals surface area contributed by atoms with Crippen LogP contribution in [0.4, 0.5) is 0 Å². The molecule has 0 N–H and O–H groups in total. The summed E-state index contributed by atoms with van der Waals surface area (Å²) in [5, 5.41) is 8.15. The van der Waals surface area contributed by atoms with Gasteiger partial charge in [0, 0.05) is 16.0 Å². The summed E-state index contributed by atoms with van der Waals surface area (Å²) >= 11 is 7.77. The number of nitrogens with zero attached hydrogens (tertiary/aromatic N) is 2. The molecule has 0 fully saturated rings. The molecule has 0 atom stereocenters. The summed E-state index contributed by atoms with van der Waals surface area (Å²) in [4.78, 5) is 0. The molecule has 98 valence electrons. The summed E-state index contributed by atoms with van der Waals surface area (Å²) in [6.45, 7) is 4.92. The van der Waals surface area contributed by atoms with Crippen molar-refractivity contribution >= 4 is 33.0 Å². The molecule has 0 aliphatic heterocycles. The third-order valence-electron chi connectivity index (χ3n) is 3.55. The van der Waals surface area contributed by atoms with Gasteiger partial charge in [0.25, 0.3) is 0 Å². The Morgan fingerprint density at radius 3 is 2.79 bits per heavy atom. The first-order valence-electron chi connectivity index (χ1n) is 6.24. The van der Waals surface area contributed by atoms with Crippen LogP contribution in [0, 0.1) is 13.8 Å². The highest BCUT2D eigenvalue weighted by Gasteiger charge is 2.12. The fourth-order valence-electron chi connectivity index (χ4n) is 2.40. The summed E-state index contributed by atoms with van der Waals surface area (Å²) in [7, 11) is 0. The van der Waals surface area contributed by atoms with Crippen molar-refractivity contribution in [3.8, 4) is 0 Å². The van der Waals surface area contributed by atoms with E-state index in [0.717, 1.165) is 17.8 Å². The molecule has 2 nitrogen and oxygen atoms in total. The standard InChI is InChI=1S/C15H15ClN2S/c1-10-14(7-16)11(2)18(17-10)8-12-9-19-15-6-4-3-5-13(12)15/h3-6,9H,7-8H2,1-2H3. The zero-order valence-corrected chi connectivity index (χ0v) is 12.6. The number of hydrogen-bond donors (Lipinski definition) is 0. The van der Waals surface area contributed by atoms with Crippen LogP contribution >= 0.6 is 22.9 Å². The lowest BCUT2D eigenvalue weighted by Crippen LogP contribution is -2.03. The van der Waals surface area contributed by atoms with Crippen LogP contribution in [-0.4, -0.2) is 9.78 Å². The van der Waals surface area contributed by atoms with Crippen LogP contribution in [0.15, 0.2) is 29.6 Å². The Morgan fingerprint density at radius 2 is 2.05 bits per heavy atom. The Bertz CT molecular complexity index is 727. The van der Waals surface area contributed by atoms with Gasteiger partial charge >= 0.3 is 0 Å². The lowest BCUT2D eigenvalue weighted by atomic mass is 10.2. The van der Waals surface area contributed by atoms with E-state index in [1.165, 1.54) is 21.3 Å². The van der Waals surface area contributed by atoms with Crippen LogP contribution in [-0.2, 0) is 12.4 Å². The van der Waals surface area contributed by atoms with E-state index in [4.69, 9.17) is 11.6 Å². The van der Waals surface area contributed by atoms with Crippen LogP contribution < -0.4 is 0 Å². The number of thiophene rings is 1. The molecule has 3 aromatic rings. The monoisotopic (exact) mass is 290 g/mol. The summed E-state index contributed by atoms with van der Waals surface area (Å²) < 4.78 is 3.39. The molecule has 2 heterocycles. The van der Waals surface area contributed by atoms with Gasteiger partial charge in [0.15, 0.2) is 0 Å². The number of aryl methyl sites for hydroxylation is 1. The maximum atomic E-state index is 5.98. The van der Waals surface area contributed by atoms with E-state index in [0.29, 0.717) is 5.88 Å². The molecule has 1 aromatic carbocycles. The third-order valence-corrected chi connectivity index (χ3v) is 4.83. The second-order valence-corrected chi connectivity index (χ2v) is 5.88. The van der Waals surface area contributed by atoms with Crippen molar-refractivity contribution in [1.29, 1.82) is 0 Å². The van der Waals surface area contributed by atoms with Crippen LogP contribution in [0.1, 0.15) is 22.5 Å². The molecular weight excluding hydrogens is 276 g/mol. The number of rotatable bonds is 3. The lowest BCUT2D eigenvalue weighted by molar-refractivity contribution is 0.662. The normalized spacial score (nSPS) is 11.3. The van der Waals surface area contributed by atoms with E-state index in [1.54, 1.807) is 11.3 Å². The minimum atomic E-state index is 0.530. The Labute approximate surface area is 121 Å². The van der Waals surface area contributed by atoms with Gasteiger partial charge in [-0.25, -0.2) is 0 Å². The van der Waals surface area contributed by atoms with Gasteiger partial charge in [-0.2, -0.15) is 5.10 Å². The summed E-state index contributed by atoms with van der Waals surface area (Å²) in [5.41, 5.74) is 4.68. The smallest absolute Gasteiger partial charge is 0.0676 e. The number of hydrogen-bond acceptors (Lipinski definition) is 2. The number of halogens is 1. The summed E-state index contributed by atoms with van der Waals surface area (Å²) in [6, 6.07) is 8.51. The van der Waals surface area contributed by atoms with Gasteiger partial charge in [-0.05, 0) is 36.2 Å². The van der Waals surface area contributed by atoms with Crippen LogP contribution in [0.25, 0.3) is 10.1 Å². The SMILES string of the molecule is Cc1nn(Cc2csc3ccccc23)c(C)c1CCl. The lowest BCUT2D eigenvalue weighted by Gasteiger charge is -2.04. The van der Waals surface area contributed by atoms with Crippen molar-refractivity contribution in [3.05, 3.63) is 52.2 Å². The first-order valence-corrected chi connectivity index (χ1v) is 7.66. The van der Waals surface area contributed by atoms with Crippen molar-refractivity contribution in [1.82, 2.24) is 9.78 Å². The van der Waals surface area contributed by atoms with E-state index in [-0.39, 0.29) is 0 Å². The predicted octanol–water partition coefficient (Wildman–Crippen LogP) is 4.50. The zero-order chi connectivity index (χ0) is 13.4. The van der Waals surface area contributed by atoms with Crippen molar-refractivity contribution in [2.24, 2.45) is 0 Å². The minimum absolute atomic E-state index is 0.530. The van der Waals surface area contributed by atoms with Gasteiger partial charge in [-0.3, -0.25) is 4.68 Å². The van der Waals surface area contributed by atoms with Gasteiger partial charge in [-0.15, -0.1) is 22.9 Å². The van der Waals surface area contributed by atoms with Gasteiger partial charge in [-0.1, -0.05) is 18.2 Å². The Kier molecular flexibility index (Phi) is 3.33. The fraction of sp³-hybridized carbons (Fsp3) is 0.267. The number of aromatic nitrogens is 2. The van der Waals surface area contributed by atoms with Crippen LogP contribution in [0.3, 0.4) is 0 Å². The predicted molar refractivity (Wildman–Crippen MR) is 82.2 cm³/mol. The molecule has 0 spiro atoms. The quantitative estimate of drug-likeness (QED) is 0.649. The molecule has 0 amide bonds. The average molecular weight is 291 g/mol. The largest absolute Gasteiger partial charge is 0.265 e. The highest BCUT2D eigenvalue weighted by molar-refractivity contribution is 7.17. The highest BCUT2D eigenvalue weighted by atomic mass is 35.5. The van der Waals surface area contributed by atoms with E-state index in [9.17, 15) is 0 Å². The first kappa shape index (κ1) is 12.7. The van der Waals surface area contributed by atoms with Gasteiger partial charge < -0.3 is 0 Å². The molecule has 0 bridgehead atoms. The van der Waals surface area contributed by atoms with Crippen LogP contribution in [0.2, 0.25) is 0 Å². The van der Waals surface area contributed by atoms with Crippen molar-refractivity contribution in [2.75, 3.05) is 0 Å². The third kappa shape index (κ3) is 2.17. The Morgan fingerprint density at radius 1 is 1.26 bits per heavy atom. The maximum absolute atomic E-state index is 5.98. The molecular formula is C15H15ClN2S. The Balaban J connectivity index is 2.02. The van der Waals surface area contributed by atoms with Crippen molar-refractivity contribution in [3.63, 3.8) is 0 Å². The molecule has 0 unspecified atom stereocenters. The van der Waals surface area contributed by atoms with Gasteiger partial charge in [0.2, 0.25) is 0 Å². The van der Waals surface area contributed by atoms with Gasteiger partial charge in [0.05, 0.1) is 18.1 Å². The first-order chi connectivity index (χ1) is 9.20. The fourth-order valence-corrected chi connectivity index (χ4v) is 3.74. The van der Waals surface area contributed by atoms with E-state index in [1.807, 2.05) is 6.92 Å². The summed E-state index contributed by atoms with van der Waals surface area (Å²) in [6.07, 6.45) is 0. The zero-order valence-electron chi connectivity index (χ0n) is 11.0. The topological polar surface area (TPSA) is 17.8 Å². The molecule has 3 rings (SSSR count). The second-order valence-electron chi connectivity index (χ2n) is 4.70. The van der Waals surface area contributed by atoms with E-state index in [2.05, 4.69) is 46.3 Å². The number of fused-ring (bicyclic) bond motifs is 1. The Hall–Kier alpha value is -1.32. The molecule has 4 heteroatoms. The molecule has 0 saturated heterocycles. The molecule has 0 aliphatic carbocycles. The maximum Gasteiger partial charge on any atom is 0.0676 e. The number of alkyl halides is 1. The second kappa shape index (κ2) is 4.99. The highest BCUT2D eigenvalue weighted by Crippen LogP contribution is 2.27. The van der Waals surface area contributed by atoms with Crippen molar-refractivity contribution in [2.45, 2.75) is 26.3 Å². The molecule has 2 aromatic heterocycles. The summed E-state index contributed by atoms with van der Waals surface area (Å²) in [5.74, 6) is 0.530. The molecule has 0 aliphatic rings. The van der Waals surface area contributed by atoms with Gasteiger partial charge in [0.1, 0.15) is 0 Å². The average Bonchev–Trinajstić information content (AvgIpc) is 2.93. The molecule has 0 radical (unpaired) electrons. The van der Waals surface area contributed by atoms with Crippen molar-refractivity contribution < 1.29 is 0 Å². The molecule has 0 saturated carbocycles. The molecule has 19 heavy (non-hydrogen) atoms.